The van der Waals surface area contributed by atoms with E-state index in [-0.39, 0.29) is 31.6 Å². The minimum atomic E-state index is -2.69. The lowest BCUT2D eigenvalue weighted by atomic mass is 9.85. The number of amides is 1. The molecule has 1 unspecified atom stereocenters. The van der Waals surface area contributed by atoms with Crippen molar-refractivity contribution in [2.75, 3.05) is 0 Å². The topological polar surface area (TPSA) is 66.4 Å². The van der Waals surface area contributed by atoms with E-state index in [1.165, 1.54) is 0 Å². The second-order valence-electron chi connectivity index (χ2n) is 6.38. The molecule has 0 spiro atoms. The molecule has 0 bridgehead atoms. The van der Waals surface area contributed by atoms with Gasteiger partial charge in [0.1, 0.15) is 0 Å². The summed E-state index contributed by atoms with van der Waals surface area (Å²) in [6.45, 7) is 1.75. The lowest BCUT2D eigenvalue weighted by molar-refractivity contribution is -0.143. The fourth-order valence-corrected chi connectivity index (χ4v) is 3.20. The van der Waals surface area contributed by atoms with E-state index >= 15 is 0 Å². The number of halogens is 2. The normalized spacial score (nSPS) is 20.1. The van der Waals surface area contributed by atoms with Crippen LogP contribution in [0.2, 0.25) is 0 Å². The van der Waals surface area contributed by atoms with Gasteiger partial charge in [-0.05, 0) is 24.8 Å². The largest absolute Gasteiger partial charge is 0.481 e. The summed E-state index contributed by atoms with van der Waals surface area (Å²) in [5.74, 6) is -5.26. The molecule has 132 valence electrons. The molecule has 0 saturated heterocycles. The Morgan fingerprint density at radius 3 is 2.33 bits per heavy atom. The van der Waals surface area contributed by atoms with E-state index < -0.39 is 29.8 Å². The second-order valence-corrected chi connectivity index (χ2v) is 6.38. The highest BCUT2D eigenvalue weighted by Crippen LogP contribution is 2.36. The summed E-state index contributed by atoms with van der Waals surface area (Å²) in [7, 11) is 0. The van der Waals surface area contributed by atoms with Gasteiger partial charge in [-0.1, -0.05) is 37.3 Å². The molecule has 0 heterocycles. The van der Waals surface area contributed by atoms with Gasteiger partial charge in [0, 0.05) is 18.8 Å². The molecule has 0 radical (unpaired) electrons. The predicted octanol–water partition coefficient (Wildman–Crippen LogP) is 3.78. The summed E-state index contributed by atoms with van der Waals surface area (Å²) in [6.07, 6.45) is 0.0286. The Morgan fingerprint density at radius 2 is 1.83 bits per heavy atom. The standard InChI is InChI=1S/C18H23F2NO3/c1-2-14(17(23)24)15(12-6-4-3-5-7-12)21-16(22)13-8-10-18(19,20)11-9-13/h3-7,13-15H,2,8-11H2,1H3,(H,21,22)(H,23,24)/t14?,15-/m1/s1. The molecule has 24 heavy (non-hydrogen) atoms. The second kappa shape index (κ2) is 7.73. The predicted molar refractivity (Wildman–Crippen MR) is 85.6 cm³/mol. The maximum Gasteiger partial charge on any atom is 0.308 e. The summed E-state index contributed by atoms with van der Waals surface area (Å²) in [6, 6.07) is 8.25. The van der Waals surface area contributed by atoms with Gasteiger partial charge < -0.3 is 10.4 Å². The van der Waals surface area contributed by atoms with Crippen LogP contribution in [0.25, 0.3) is 0 Å². The van der Waals surface area contributed by atoms with Gasteiger partial charge in [0.15, 0.2) is 0 Å². The molecule has 1 aliphatic carbocycles. The maximum atomic E-state index is 13.2. The Labute approximate surface area is 140 Å². The molecule has 4 nitrogen and oxygen atoms in total. The van der Waals surface area contributed by atoms with E-state index in [2.05, 4.69) is 5.32 Å². The molecule has 6 heteroatoms. The summed E-state index contributed by atoms with van der Waals surface area (Å²) in [5, 5.41) is 12.2. The quantitative estimate of drug-likeness (QED) is 0.829. The molecular weight excluding hydrogens is 316 g/mol. The van der Waals surface area contributed by atoms with E-state index in [0.717, 1.165) is 0 Å². The summed E-state index contributed by atoms with van der Waals surface area (Å²) in [5.41, 5.74) is 0.709. The minimum Gasteiger partial charge on any atom is -0.481 e. The number of benzene rings is 1. The molecule has 2 atom stereocenters. The molecule has 2 rings (SSSR count). The van der Waals surface area contributed by atoms with Crippen molar-refractivity contribution in [2.45, 2.75) is 51.0 Å². The van der Waals surface area contributed by atoms with E-state index in [1.54, 1.807) is 31.2 Å². The summed E-state index contributed by atoms with van der Waals surface area (Å²) >= 11 is 0. The Kier molecular flexibility index (Phi) is 5.91. The Balaban J connectivity index is 2.13. The first-order valence-electron chi connectivity index (χ1n) is 8.30. The first-order valence-corrected chi connectivity index (χ1v) is 8.30. The molecule has 0 aromatic heterocycles. The van der Waals surface area contributed by atoms with Crippen LogP contribution >= 0.6 is 0 Å². The zero-order chi connectivity index (χ0) is 17.7. The van der Waals surface area contributed by atoms with Crippen molar-refractivity contribution < 1.29 is 23.5 Å². The lowest BCUT2D eigenvalue weighted by Crippen LogP contribution is -2.41. The van der Waals surface area contributed by atoms with Crippen LogP contribution in [-0.4, -0.2) is 22.9 Å². The van der Waals surface area contributed by atoms with Crippen molar-refractivity contribution in [2.24, 2.45) is 11.8 Å². The number of alkyl halides is 2. The smallest absolute Gasteiger partial charge is 0.308 e. The van der Waals surface area contributed by atoms with Crippen LogP contribution in [0, 0.1) is 11.8 Å². The molecule has 1 aliphatic rings. The number of carbonyl (C=O) groups excluding carboxylic acids is 1. The third kappa shape index (κ3) is 4.52. The van der Waals surface area contributed by atoms with E-state index in [1.807, 2.05) is 6.07 Å². The van der Waals surface area contributed by atoms with Crippen LogP contribution in [0.5, 0.6) is 0 Å². The van der Waals surface area contributed by atoms with Gasteiger partial charge in [-0.25, -0.2) is 8.78 Å². The molecule has 0 aliphatic heterocycles. The van der Waals surface area contributed by atoms with E-state index in [0.29, 0.717) is 12.0 Å². The highest BCUT2D eigenvalue weighted by atomic mass is 19.3. The minimum absolute atomic E-state index is 0.129. The van der Waals surface area contributed by atoms with Crippen molar-refractivity contribution in [3.8, 4) is 0 Å². The number of aliphatic carboxylic acids is 1. The lowest BCUT2D eigenvalue weighted by Gasteiger charge is -2.30. The fourth-order valence-electron chi connectivity index (χ4n) is 3.20. The molecule has 1 aromatic rings. The Hall–Kier alpha value is -1.98. The highest BCUT2D eigenvalue weighted by molar-refractivity contribution is 5.80. The number of rotatable bonds is 6. The molecule has 1 amide bonds. The van der Waals surface area contributed by atoms with Gasteiger partial charge >= 0.3 is 5.97 Å². The van der Waals surface area contributed by atoms with Crippen molar-refractivity contribution >= 4 is 11.9 Å². The number of carboxylic acid groups (broad SMARTS) is 1. The molecule has 2 N–H and O–H groups in total. The SMILES string of the molecule is CCC(C(=O)O)[C@H](NC(=O)C1CCC(F)(F)CC1)c1ccccc1. The van der Waals surface area contributed by atoms with Crippen molar-refractivity contribution in [3.05, 3.63) is 35.9 Å². The average molecular weight is 339 g/mol. The fraction of sp³-hybridized carbons (Fsp3) is 0.556. The van der Waals surface area contributed by atoms with Crippen LogP contribution in [0.1, 0.15) is 50.6 Å². The third-order valence-electron chi connectivity index (χ3n) is 4.70. The number of carbonyl (C=O) groups is 2. The van der Waals surface area contributed by atoms with Crippen molar-refractivity contribution in [1.29, 1.82) is 0 Å². The summed E-state index contributed by atoms with van der Waals surface area (Å²) < 4.78 is 26.5. The van der Waals surface area contributed by atoms with Crippen LogP contribution in [0.15, 0.2) is 30.3 Å². The van der Waals surface area contributed by atoms with E-state index in [9.17, 15) is 23.5 Å². The Morgan fingerprint density at radius 1 is 1.25 bits per heavy atom. The number of nitrogens with one attached hydrogen (secondary N) is 1. The molecule has 1 saturated carbocycles. The zero-order valence-corrected chi connectivity index (χ0v) is 13.7. The van der Waals surface area contributed by atoms with Gasteiger partial charge in [0.05, 0.1) is 12.0 Å². The number of carboxylic acids is 1. The van der Waals surface area contributed by atoms with E-state index in [4.69, 9.17) is 0 Å². The first kappa shape index (κ1) is 18.4. The number of hydrogen-bond donors (Lipinski definition) is 2. The third-order valence-corrected chi connectivity index (χ3v) is 4.70. The van der Waals surface area contributed by atoms with Crippen LogP contribution < -0.4 is 5.32 Å². The average Bonchev–Trinajstić information content (AvgIpc) is 2.55. The maximum absolute atomic E-state index is 13.2. The molecular formula is C18H23F2NO3. The Bertz CT molecular complexity index is 567. The van der Waals surface area contributed by atoms with Crippen LogP contribution in [-0.2, 0) is 9.59 Å². The van der Waals surface area contributed by atoms with Gasteiger partial charge in [-0.2, -0.15) is 0 Å². The van der Waals surface area contributed by atoms with Crippen molar-refractivity contribution in [1.82, 2.24) is 5.32 Å². The van der Waals surface area contributed by atoms with Gasteiger partial charge in [-0.3, -0.25) is 9.59 Å². The van der Waals surface area contributed by atoms with Crippen molar-refractivity contribution in [3.63, 3.8) is 0 Å². The van der Waals surface area contributed by atoms with Gasteiger partial charge in [-0.15, -0.1) is 0 Å². The molecule has 1 fully saturated rings. The first-order chi connectivity index (χ1) is 11.3. The van der Waals surface area contributed by atoms with Crippen LogP contribution in [0.4, 0.5) is 8.78 Å². The monoisotopic (exact) mass is 339 g/mol. The van der Waals surface area contributed by atoms with Gasteiger partial charge in [0.2, 0.25) is 11.8 Å². The highest BCUT2D eigenvalue weighted by Gasteiger charge is 2.38. The summed E-state index contributed by atoms with van der Waals surface area (Å²) in [4.78, 5) is 24.0. The molecule has 1 aromatic carbocycles. The van der Waals surface area contributed by atoms with Crippen LogP contribution in [0.3, 0.4) is 0 Å². The number of hydrogen-bond acceptors (Lipinski definition) is 2. The van der Waals surface area contributed by atoms with Gasteiger partial charge in [0.25, 0.3) is 0 Å². The zero-order valence-electron chi connectivity index (χ0n) is 13.7.